The zero-order valence-electron chi connectivity index (χ0n) is 16.8. The number of aromatic nitrogens is 2. The standard InChI is InChI=1S/C19H28N4O2S2/c1-18(2,3)12-19(4,5)21-15(24)11-26-17-23-22-16(27-17)20-13-7-9-14(25-6)10-8-13/h7-10H,11-12H2,1-6H3,(H,20,22)(H,21,24). The fourth-order valence-corrected chi connectivity index (χ4v) is 4.60. The Balaban J connectivity index is 1.83. The summed E-state index contributed by atoms with van der Waals surface area (Å²) in [6.07, 6.45) is 0.908. The van der Waals surface area contributed by atoms with Crippen LogP contribution in [0.25, 0.3) is 0 Å². The molecule has 27 heavy (non-hydrogen) atoms. The lowest BCUT2D eigenvalue weighted by molar-refractivity contribution is -0.120. The van der Waals surface area contributed by atoms with Gasteiger partial charge in [0.15, 0.2) is 4.34 Å². The smallest absolute Gasteiger partial charge is 0.230 e. The Kier molecular flexibility index (Phi) is 7.11. The minimum absolute atomic E-state index is 0.00844. The van der Waals surface area contributed by atoms with Crippen LogP contribution in [0, 0.1) is 5.41 Å². The van der Waals surface area contributed by atoms with E-state index >= 15 is 0 Å². The molecule has 148 valence electrons. The van der Waals surface area contributed by atoms with E-state index < -0.39 is 0 Å². The number of hydrogen-bond acceptors (Lipinski definition) is 7. The number of carbonyl (C=O) groups excluding carboxylic acids is 1. The van der Waals surface area contributed by atoms with Crippen molar-refractivity contribution < 1.29 is 9.53 Å². The summed E-state index contributed by atoms with van der Waals surface area (Å²) in [6, 6.07) is 7.58. The van der Waals surface area contributed by atoms with Crippen LogP contribution in [0.3, 0.4) is 0 Å². The Hall–Kier alpha value is -1.80. The second-order valence-corrected chi connectivity index (χ2v) is 10.4. The van der Waals surface area contributed by atoms with Crippen LogP contribution in [0.2, 0.25) is 0 Å². The molecule has 8 heteroatoms. The third kappa shape index (κ3) is 7.76. The van der Waals surface area contributed by atoms with Gasteiger partial charge in [0.2, 0.25) is 11.0 Å². The minimum Gasteiger partial charge on any atom is -0.497 e. The molecule has 0 aliphatic rings. The zero-order valence-corrected chi connectivity index (χ0v) is 18.4. The van der Waals surface area contributed by atoms with E-state index in [2.05, 4.69) is 55.4 Å². The number of benzene rings is 1. The number of methoxy groups -OCH3 is 1. The number of rotatable bonds is 8. The zero-order chi connectivity index (χ0) is 20.1. The Morgan fingerprint density at radius 3 is 2.41 bits per heavy atom. The first-order valence-corrected chi connectivity index (χ1v) is 10.5. The topological polar surface area (TPSA) is 76.1 Å². The Morgan fingerprint density at radius 1 is 1.15 bits per heavy atom. The maximum Gasteiger partial charge on any atom is 0.230 e. The molecule has 1 aromatic carbocycles. The molecule has 1 amide bonds. The van der Waals surface area contributed by atoms with Crippen molar-refractivity contribution in [1.29, 1.82) is 0 Å². The maximum atomic E-state index is 12.3. The van der Waals surface area contributed by atoms with Gasteiger partial charge in [-0.3, -0.25) is 4.79 Å². The van der Waals surface area contributed by atoms with Crippen molar-refractivity contribution in [3.8, 4) is 5.75 Å². The van der Waals surface area contributed by atoms with E-state index in [1.54, 1.807) is 7.11 Å². The summed E-state index contributed by atoms with van der Waals surface area (Å²) in [4.78, 5) is 12.3. The summed E-state index contributed by atoms with van der Waals surface area (Å²) in [5.41, 5.74) is 0.827. The summed E-state index contributed by atoms with van der Waals surface area (Å²) in [5.74, 6) is 1.13. The van der Waals surface area contributed by atoms with Crippen LogP contribution >= 0.6 is 23.1 Å². The van der Waals surface area contributed by atoms with Crippen LogP contribution < -0.4 is 15.4 Å². The lowest BCUT2D eigenvalue weighted by atomic mass is 9.82. The molecular formula is C19H28N4O2S2. The predicted octanol–water partition coefficient (Wildman–Crippen LogP) is 4.71. The number of nitrogens with one attached hydrogen (secondary N) is 2. The van der Waals surface area contributed by atoms with Gasteiger partial charge in [0.25, 0.3) is 0 Å². The maximum absolute atomic E-state index is 12.3. The van der Waals surface area contributed by atoms with Gasteiger partial charge in [-0.15, -0.1) is 10.2 Å². The van der Waals surface area contributed by atoms with Crippen molar-refractivity contribution in [2.24, 2.45) is 5.41 Å². The van der Waals surface area contributed by atoms with Gasteiger partial charge in [-0.1, -0.05) is 43.9 Å². The highest BCUT2D eigenvalue weighted by Crippen LogP contribution is 2.29. The molecule has 0 fully saturated rings. The molecule has 0 atom stereocenters. The van der Waals surface area contributed by atoms with E-state index in [4.69, 9.17) is 4.74 Å². The number of hydrogen-bond donors (Lipinski definition) is 2. The Morgan fingerprint density at radius 2 is 1.81 bits per heavy atom. The molecule has 0 saturated carbocycles. The molecule has 1 aromatic heterocycles. The molecule has 1 heterocycles. The van der Waals surface area contributed by atoms with Crippen LogP contribution in [0.1, 0.15) is 41.0 Å². The number of carbonyl (C=O) groups is 1. The van der Waals surface area contributed by atoms with E-state index in [0.717, 1.165) is 22.2 Å². The summed E-state index contributed by atoms with van der Waals surface area (Å²) in [6.45, 7) is 10.6. The number of amides is 1. The van der Waals surface area contributed by atoms with Gasteiger partial charge >= 0.3 is 0 Å². The monoisotopic (exact) mass is 408 g/mol. The van der Waals surface area contributed by atoms with Gasteiger partial charge in [0.1, 0.15) is 5.75 Å². The fourth-order valence-electron chi connectivity index (χ4n) is 3.03. The quantitative estimate of drug-likeness (QED) is 0.616. The predicted molar refractivity (Wildman–Crippen MR) is 113 cm³/mol. The van der Waals surface area contributed by atoms with Gasteiger partial charge in [-0.25, -0.2) is 0 Å². The third-order valence-electron chi connectivity index (χ3n) is 3.52. The van der Waals surface area contributed by atoms with Crippen LogP contribution in [-0.2, 0) is 4.79 Å². The highest BCUT2D eigenvalue weighted by Gasteiger charge is 2.27. The van der Waals surface area contributed by atoms with Crippen molar-refractivity contribution in [2.75, 3.05) is 18.2 Å². The molecule has 2 aromatic rings. The normalized spacial score (nSPS) is 11.9. The molecule has 0 saturated heterocycles. The third-order valence-corrected chi connectivity index (χ3v) is 5.50. The van der Waals surface area contributed by atoms with Gasteiger partial charge < -0.3 is 15.4 Å². The van der Waals surface area contributed by atoms with Crippen LogP contribution in [0.5, 0.6) is 5.75 Å². The number of thioether (sulfide) groups is 1. The minimum atomic E-state index is -0.238. The van der Waals surface area contributed by atoms with Gasteiger partial charge in [-0.2, -0.15) is 0 Å². The molecule has 0 spiro atoms. The van der Waals surface area contributed by atoms with Crippen molar-refractivity contribution in [3.63, 3.8) is 0 Å². The molecule has 0 aliphatic heterocycles. The lowest BCUT2D eigenvalue weighted by Gasteiger charge is -2.33. The number of nitrogens with zero attached hydrogens (tertiary/aromatic N) is 2. The molecule has 0 radical (unpaired) electrons. The molecule has 2 N–H and O–H groups in total. The van der Waals surface area contributed by atoms with E-state index in [1.807, 2.05) is 24.3 Å². The van der Waals surface area contributed by atoms with E-state index in [9.17, 15) is 4.79 Å². The Bertz CT molecular complexity index is 752. The summed E-state index contributed by atoms with van der Waals surface area (Å²) < 4.78 is 5.90. The summed E-state index contributed by atoms with van der Waals surface area (Å²) in [7, 11) is 1.64. The van der Waals surface area contributed by atoms with E-state index in [-0.39, 0.29) is 16.9 Å². The highest BCUT2D eigenvalue weighted by molar-refractivity contribution is 8.01. The van der Waals surface area contributed by atoms with Gasteiger partial charge in [0.05, 0.1) is 12.9 Å². The molecule has 0 aliphatic carbocycles. The lowest BCUT2D eigenvalue weighted by Crippen LogP contribution is -2.46. The fraction of sp³-hybridized carbons (Fsp3) is 0.526. The average Bonchev–Trinajstić information content (AvgIpc) is 2.98. The molecule has 0 unspecified atom stereocenters. The second kappa shape index (κ2) is 8.93. The first-order valence-electron chi connectivity index (χ1n) is 8.75. The molecular weight excluding hydrogens is 380 g/mol. The largest absolute Gasteiger partial charge is 0.497 e. The molecule has 0 bridgehead atoms. The Labute approximate surface area is 169 Å². The van der Waals surface area contributed by atoms with Crippen LogP contribution in [0.4, 0.5) is 10.8 Å². The van der Waals surface area contributed by atoms with Gasteiger partial charge in [-0.05, 0) is 49.9 Å². The first kappa shape index (κ1) is 21.5. The van der Waals surface area contributed by atoms with Crippen LogP contribution in [0.15, 0.2) is 28.6 Å². The summed E-state index contributed by atoms with van der Waals surface area (Å²) >= 11 is 2.82. The van der Waals surface area contributed by atoms with Crippen molar-refractivity contribution in [2.45, 2.75) is 50.9 Å². The number of anilines is 2. The first-order chi connectivity index (χ1) is 12.6. The molecule has 2 rings (SSSR count). The SMILES string of the molecule is COc1ccc(Nc2nnc(SCC(=O)NC(C)(C)CC(C)(C)C)s2)cc1. The van der Waals surface area contributed by atoms with Crippen molar-refractivity contribution in [1.82, 2.24) is 15.5 Å². The summed E-state index contributed by atoms with van der Waals surface area (Å²) in [5, 5.41) is 15.3. The van der Waals surface area contributed by atoms with E-state index in [1.165, 1.54) is 23.1 Å². The van der Waals surface area contributed by atoms with Crippen LogP contribution in [-0.4, -0.2) is 34.5 Å². The average molecular weight is 409 g/mol. The van der Waals surface area contributed by atoms with Gasteiger partial charge in [0, 0.05) is 11.2 Å². The second-order valence-electron chi connectivity index (χ2n) is 8.18. The van der Waals surface area contributed by atoms with E-state index in [0.29, 0.717) is 10.9 Å². The number of ether oxygens (including phenoxy) is 1. The highest BCUT2D eigenvalue weighted by atomic mass is 32.2. The van der Waals surface area contributed by atoms with Crippen molar-refractivity contribution >= 4 is 39.8 Å². The molecule has 6 nitrogen and oxygen atoms in total. The van der Waals surface area contributed by atoms with Crippen molar-refractivity contribution in [3.05, 3.63) is 24.3 Å².